The average molecular weight is 330 g/mol. The van der Waals surface area contributed by atoms with E-state index in [0.717, 1.165) is 10.2 Å². The third kappa shape index (κ3) is 2.97. The third-order valence-corrected chi connectivity index (χ3v) is 4.65. The zero-order valence-corrected chi connectivity index (χ0v) is 12.1. The van der Waals surface area contributed by atoms with Crippen molar-refractivity contribution in [3.05, 3.63) is 41.0 Å². The number of hydrogen-bond donors (Lipinski definition) is 0. The minimum atomic E-state index is -3.34. The summed E-state index contributed by atoms with van der Waals surface area (Å²) in [7, 11) is -1.50. The van der Waals surface area contributed by atoms with Gasteiger partial charge in [0.2, 0.25) is 0 Å². The molecule has 0 aliphatic heterocycles. The maximum atomic E-state index is 12.0. The van der Waals surface area contributed by atoms with E-state index in [-0.39, 0.29) is 10.8 Å². The number of halogens is 1. The summed E-state index contributed by atoms with van der Waals surface area (Å²) in [5.74, 6) is 0.0289. The SMILES string of the molecule is Cn1cncc1CCS(=O)(=O)c1ccc(Br)cn1. The summed E-state index contributed by atoms with van der Waals surface area (Å²) >= 11 is 3.22. The molecule has 18 heavy (non-hydrogen) atoms. The fourth-order valence-corrected chi connectivity index (χ4v) is 2.93. The lowest BCUT2D eigenvalue weighted by Crippen LogP contribution is -2.12. The van der Waals surface area contributed by atoms with E-state index in [1.165, 1.54) is 12.3 Å². The van der Waals surface area contributed by atoms with Crippen LogP contribution in [0.15, 0.2) is 40.4 Å². The largest absolute Gasteiger partial charge is 0.338 e. The Kier molecular flexibility index (Phi) is 3.82. The molecular formula is C11H12BrN3O2S. The first kappa shape index (κ1) is 13.2. The number of aromatic nitrogens is 3. The Hall–Kier alpha value is -1.21. The summed E-state index contributed by atoms with van der Waals surface area (Å²) in [6.45, 7) is 0. The van der Waals surface area contributed by atoms with Gasteiger partial charge < -0.3 is 4.57 Å². The second-order valence-corrected chi connectivity index (χ2v) is 6.85. The van der Waals surface area contributed by atoms with E-state index in [1.54, 1.807) is 18.6 Å². The summed E-state index contributed by atoms with van der Waals surface area (Å²) in [5.41, 5.74) is 0.885. The van der Waals surface area contributed by atoms with Crippen molar-refractivity contribution in [2.24, 2.45) is 7.05 Å². The van der Waals surface area contributed by atoms with Gasteiger partial charge in [0.05, 0.1) is 12.1 Å². The molecule has 0 N–H and O–H groups in total. The van der Waals surface area contributed by atoms with Crippen molar-refractivity contribution in [1.82, 2.24) is 14.5 Å². The predicted octanol–water partition coefficient (Wildman–Crippen LogP) is 1.59. The highest BCUT2D eigenvalue weighted by Gasteiger charge is 2.16. The van der Waals surface area contributed by atoms with Gasteiger partial charge in [-0.1, -0.05) is 0 Å². The Morgan fingerprint density at radius 2 is 2.11 bits per heavy atom. The molecule has 0 aliphatic rings. The Morgan fingerprint density at radius 1 is 1.33 bits per heavy atom. The standard InChI is InChI=1S/C11H12BrN3O2S/c1-15-8-13-7-10(15)4-5-18(16,17)11-3-2-9(12)6-14-11/h2-3,6-8H,4-5H2,1H3. The maximum Gasteiger partial charge on any atom is 0.195 e. The number of imidazole rings is 1. The van der Waals surface area contributed by atoms with Gasteiger partial charge in [-0.05, 0) is 28.1 Å². The van der Waals surface area contributed by atoms with Crippen molar-refractivity contribution >= 4 is 25.8 Å². The van der Waals surface area contributed by atoms with Crippen molar-refractivity contribution in [2.45, 2.75) is 11.4 Å². The molecule has 0 radical (unpaired) electrons. The van der Waals surface area contributed by atoms with Crippen molar-refractivity contribution < 1.29 is 8.42 Å². The second kappa shape index (κ2) is 5.19. The molecule has 0 fully saturated rings. The second-order valence-electron chi connectivity index (χ2n) is 3.88. The number of aryl methyl sites for hydroxylation is 2. The summed E-state index contributed by atoms with van der Waals surface area (Å²) in [5, 5.41) is 0.105. The summed E-state index contributed by atoms with van der Waals surface area (Å²) in [6.07, 6.45) is 5.23. The van der Waals surface area contributed by atoms with Gasteiger partial charge in [0, 0.05) is 36.0 Å². The number of hydrogen-bond acceptors (Lipinski definition) is 4. The van der Waals surface area contributed by atoms with E-state index in [9.17, 15) is 8.42 Å². The summed E-state index contributed by atoms with van der Waals surface area (Å²) in [4.78, 5) is 7.87. The molecule has 0 saturated heterocycles. The number of sulfone groups is 1. The normalized spacial score (nSPS) is 11.7. The van der Waals surface area contributed by atoms with Crippen molar-refractivity contribution in [1.29, 1.82) is 0 Å². The van der Waals surface area contributed by atoms with Gasteiger partial charge in [-0.15, -0.1) is 0 Å². The first-order chi connectivity index (χ1) is 8.49. The van der Waals surface area contributed by atoms with E-state index >= 15 is 0 Å². The molecule has 0 saturated carbocycles. The fraction of sp³-hybridized carbons (Fsp3) is 0.273. The zero-order chi connectivity index (χ0) is 13.2. The minimum absolute atomic E-state index is 0.0289. The summed E-state index contributed by atoms with van der Waals surface area (Å²) < 4.78 is 26.7. The monoisotopic (exact) mass is 329 g/mol. The molecule has 96 valence electrons. The van der Waals surface area contributed by atoms with Crippen LogP contribution in [0.1, 0.15) is 5.69 Å². The number of nitrogens with zero attached hydrogens (tertiary/aromatic N) is 3. The molecule has 2 rings (SSSR count). The van der Waals surface area contributed by atoms with E-state index in [1.807, 2.05) is 11.6 Å². The topological polar surface area (TPSA) is 64.8 Å². The predicted molar refractivity (Wildman–Crippen MR) is 70.9 cm³/mol. The van der Waals surface area contributed by atoms with E-state index < -0.39 is 9.84 Å². The van der Waals surface area contributed by atoms with Crippen molar-refractivity contribution in [3.8, 4) is 0 Å². The Morgan fingerprint density at radius 3 is 2.67 bits per heavy atom. The highest BCUT2D eigenvalue weighted by Crippen LogP contribution is 2.13. The van der Waals surface area contributed by atoms with Crippen LogP contribution in [0.4, 0.5) is 0 Å². The molecule has 0 aromatic carbocycles. The Balaban J connectivity index is 2.13. The molecular weight excluding hydrogens is 318 g/mol. The summed E-state index contributed by atoms with van der Waals surface area (Å²) in [6, 6.07) is 3.17. The van der Waals surface area contributed by atoms with Gasteiger partial charge in [0.1, 0.15) is 0 Å². The lowest BCUT2D eigenvalue weighted by atomic mass is 10.4. The quantitative estimate of drug-likeness (QED) is 0.854. The van der Waals surface area contributed by atoms with Gasteiger partial charge in [0.15, 0.2) is 14.9 Å². The average Bonchev–Trinajstić information content (AvgIpc) is 2.73. The molecule has 2 aromatic heterocycles. The third-order valence-electron chi connectivity index (χ3n) is 2.56. The number of pyridine rings is 1. The molecule has 2 heterocycles. The smallest absolute Gasteiger partial charge is 0.195 e. The van der Waals surface area contributed by atoms with Crippen LogP contribution in [0.25, 0.3) is 0 Å². The van der Waals surface area contributed by atoms with Crippen LogP contribution >= 0.6 is 15.9 Å². The Bertz CT molecular complexity index is 635. The molecule has 0 aliphatic carbocycles. The molecule has 7 heteroatoms. The van der Waals surface area contributed by atoms with Crippen molar-refractivity contribution in [2.75, 3.05) is 5.75 Å². The van der Waals surface area contributed by atoms with Crippen LogP contribution in [0.5, 0.6) is 0 Å². The molecule has 2 aromatic rings. The van der Waals surface area contributed by atoms with Gasteiger partial charge in [-0.25, -0.2) is 18.4 Å². The molecule has 0 bridgehead atoms. The molecule has 0 amide bonds. The zero-order valence-electron chi connectivity index (χ0n) is 9.75. The highest BCUT2D eigenvalue weighted by molar-refractivity contribution is 9.10. The molecule has 0 spiro atoms. The van der Waals surface area contributed by atoms with Crippen LogP contribution in [0, 0.1) is 0 Å². The molecule has 5 nitrogen and oxygen atoms in total. The highest BCUT2D eigenvalue weighted by atomic mass is 79.9. The van der Waals surface area contributed by atoms with Crippen LogP contribution in [-0.4, -0.2) is 28.7 Å². The van der Waals surface area contributed by atoms with Crippen LogP contribution in [0.2, 0.25) is 0 Å². The lowest BCUT2D eigenvalue weighted by Gasteiger charge is -2.04. The fourth-order valence-electron chi connectivity index (χ4n) is 1.52. The first-order valence-corrected chi connectivity index (χ1v) is 7.73. The first-order valence-electron chi connectivity index (χ1n) is 5.28. The van der Waals surface area contributed by atoms with Crippen LogP contribution in [0.3, 0.4) is 0 Å². The minimum Gasteiger partial charge on any atom is -0.338 e. The van der Waals surface area contributed by atoms with Gasteiger partial charge in [-0.3, -0.25) is 0 Å². The van der Waals surface area contributed by atoms with Crippen LogP contribution in [-0.2, 0) is 23.3 Å². The lowest BCUT2D eigenvalue weighted by molar-refractivity contribution is 0.590. The maximum absolute atomic E-state index is 12.0. The molecule has 0 atom stereocenters. The van der Waals surface area contributed by atoms with E-state index in [2.05, 4.69) is 25.9 Å². The van der Waals surface area contributed by atoms with Gasteiger partial charge in [0.25, 0.3) is 0 Å². The van der Waals surface area contributed by atoms with Crippen molar-refractivity contribution in [3.63, 3.8) is 0 Å². The van der Waals surface area contributed by atoms with Gasteiger partial charge >= 0.3 is 0 Å². The molecule has 0 unspecified atom stereocenters. The van der Waals surface area contributed by atoms with Crippen LogP contribution < -0.4 is 0 Å². The van der Waals surface area contributed by atoms with E-state index in [4.69, 9.17) is 0 Å². The number of rotatable bonds is 4. The van der Waals surface area contributed by atoms with E-state index in [0.29, 0.717) is 6.42 Å². The Labute approximate surface area is 114 Å². The van der Waals surface area contributed by atoms with Gasteiger partial charge in [-0.2, -0.15) is 0 Å².